The van der Waals surface area contributed by atoms with Crippen LogP contribution in [0.15, 0.2) is 39.5 Å². The molecule has 12 heteroatoms. The highest BCUT2D eigenvalue weighted by Crippen LogP contribution is 2.43. The maximum atomic E-state index is 13.5. The molecule has 7 N–H and O–H groups in total. The summed E-state index contributed by atoms with van der Waals surface area (Å²) in [7, 11) is 0. The average molecular weight is 532 g/mol. The normalized spacial score (nSPS) is 23.6. The molecule has 1 aliphatic heterocycles. The number of aliphatic hydroxyl groups excluding tert-OH is 3. The molecule has 2 aromatic carbocycles. The zero-order valence-corrected chi connectivity index (χ0v) is 20.4. The van der Waals surface area contributed by atoms with Crippen LogP contribution in [0.3, 0.4) is 0 Å². The highest BCUT2D eigenvalue weighted by molar-refractivity contribution is 5.90. The molecule has 0 amide bonds. The number of benzene rings is 2. The van der Waals surface area contributed by atoms with Crippen molar-refractivity contribution >= 4 is 16.9 Å². The monoisotopic (exact) mass is 532 g/mol. The smallest absolute Gasteiger partial charge is 0.335 e. The van der Waals surface area contributed by atoms with Gasteiger partial charge in [-0.15, -0.1) is 0 Å². The number of ether oxygens (including phenoxy) is 2. The van der Waals surface area contributed by atoms with Gasteiger partial charge in [-0.2, -0.15) is 0 Å². The molecule has 5 atom stereocenters. The Morgan fingerprint density at radius 3 is 2.26 bits per heavy atom. The van der Waals surface area contributed by atoms with Crippen LogP contribution in [0.4, 0.5) is 0 Å². The first-order valence-corrected chi connectivity index (χ1v) is 11.8. The lowest BCUT2D eigenvalue weighted by Gasteiger charge is -2.38. The first-order valence-electron chi connectivity index (χ1n) is 11.8. The number of phenols is 3. The van der Waals surface area contributed by atoms with E-state index in [4.69, 9.17) is 13.9 Å². The Morgan fingerprint density at radius 2 is 1.66 bits per heavy atom. The molecule has 38 heavy (non-hydrogen) atoms. The number of fused-ring (bicyclic) bond motifs is 1. The second-order valence-electron chi connectivity index (χ2n) is 9.52. The number of phenolic OH excluding ortho intramolecular Hbond substituents is 3. The molecular formula is C26H28O12. The predicted octanol–water partition coefficient (Wildman–Crippen LogP) is 1.44. The second-order valence-corrected chi connectivity index (χ2v) is 9.52. The number of aliphatic hydroxyl groups is 3. The Morgan fingerprint density at radius 1 is 1.00 bits per heavy atom. The third-order valence-corrected chi connectivity index (χ3v) is 6.35. The van der Waals surface area contributed by atoms with E-state index in [1.807, 2.05) is 13.8 Å². The van der Waals surface area contributed by atoms with Gasteiger partial charge >= 0.3 is 5.97 Å². The number of hydrogen-bond donors (Lipinski definition) is 7. The molecule has 1 aliphatic rings. The van der Waals surface area contributed by atoms with Crippen LogP contribution in [0.25, 0.3) is 22.3 Å². The summed E-state index contributed by atoms with van der Waals surface area (Å²) in [5.74, 6) is -3.59. The topological polar surface area (TPSA) is 207 Å². The number of aliphatic carboxylic acids is 1. The minimum Gasteiger partial charge on any atom is -0.508 e. The van der Waals surface area contributed by atoms with Crippen molar-refractivity contribution in [2.75, 3.05) is 0 Å². The molecule has 204 valence electrons. The van der Waals surface area contributed by atoms with Gasteiger partial charge in [0, 0.05) is 17.2 Å². The van der Waals surface area contributed by atoms with Crippen LogP contribution in [0.5, 0.6) is 23.0 Å². The van der Waals surface area contributed by atoms with Crippen molar-refractivity contribution < 1.29 is 54.4 Å². The third kappa shape index (κ3) is 4.98. The van der Waals surface area contributed by atoms with Gasteiger partial charge in [-0.3, -0.25) is 4.79 Å². The molecule has 0 bridgehead atoms. The van der Waals surface area contributed by atoms with Gasteiger partial charge < -0.3 is 49.6 Å². The summed E-state index contributed by atoms with van der Waals surface area (Å²) in [4.78, 5) is 24.9. The number of carboxylic acids is 1. The summed E-state index contributed by atoms with van der Waals surface area (Å²) < 4.78 is 16.5. The summed E-state index contributed by atoms with van der Waals surface area (Å²) in [5, 5.41) is 70.1. The van der Waals surface area contributed by atoms with E-state index in [1.165, 1.54) is 12.1 Å². The van der Waals surface area contributed by atoms with Gasteiger partial charge in [0.1, 0.15) is 40.8 Å². The minimum absolute atomic E-state index is 0.00289. The van der Waals surface area contributed by atoms with E-state index in [2.05, 4.69) is 0 Å². The van der Waals surface area contributed by atoms with Gasteiger partial charge in [0.15, 0.2) is 23.0 Å². The third-order valence-electron chi connectivity index (χ3n) is 6.35. The van der Waals surface area contributed by atoms with Gasteiger partial charge in [-0.1, -0.05) is 13.8 Å². The molecule has 1 saturated heterocycles. The molecular weight excluding hydrogens is 504 g/mol. The highest BCUT2D eigenvalue weighted by Gasteiger charge is 2.48. The van der Waals surface area contributed by atoms with Crippen LogP contribution < -0.4 is 10.2 Å². The Labute approximate surface area is 215 Å². The van der Waals surface area contributed by atoms with Gasteiger partial charge in [0.05, 0.1) is 0 Å². The van der Waals surface area contributed by atoms with Gasteiger partial charge in [0.2, 0.25) is 12.0 Å². The van der Waals surface area contributed by atoms with Crippen LogP contribution in [-0.4, -0.2) is 72.4 Å². The maximum absolute atomic E-state index is 13.5. The van der Waals surface area contributed by atoms with E-state index in [1.54, 1.807) is 12.1 Å². The van der Waals surface area contributed by atoms with Gasteiger partial charge in [-0.25, -0.2) is 4.79 Å². The minimum atomic E-state index is -1.96. The van der Waals surface area contributed by atoms with Crippen molar-refractivity contribution in [1.29, 1.82) is 0 Å². The van der Waals surface area contributed by atoms with Gasteiger partial charge in [-0.05, 0) is 43.0 Å². The number of carboxylic acid groups (broad SMARTS) is 1. The Bertz CT molecular complexity index is 1390. The Kier molecular flexibility index (Phi) is 7.51. The van der Waals surface area contributed by atoms with Crippen LogP contribution in [0, 0.1) is 5.92 Å². The zero-order valence-electron chi connectivity index (χ0n) is 20.4. The molecule has 1 fully saturated rings. The largest absolute Gasteiger partial charge is 0.508 e. The summed E-state index contributed by atoms with van der Waals surface area (Å²) >= 11 is 0. The standard InChI is InChI=1S/C26H28O12/c1-10(2)3-8-13-17(28)16-14(36-23(13)11-4-6-12(27)7-5-11)9-15(18(29)19(16)30)37-26-22(33)20(31)21(32)24(38-26)25(34)35/h4-7,9-10,20-22,24,26-27,29-33H,3,8H2,1-2H3,(H,34,35)/t20-,21-,22+,24-,26-/m0/s1. The van der Waals surface area contributed by atoms with Crippen molar-refractivity contribution in [3.05, 3.63) is 46.1 Å². The molecule has 12 nitrogen and oxygen atoms in total. The summed E-state index contributed by atoms with van der Waals surface area (Å²) in [6, 6.07) is 6.96. The predicted molar refractivity (Wildman–Crippen MR) is 131 cm³/mol. The van der Waals surface area contributed by atoms with Crippen molar-refractivity contribution in [1.82, 2.24) is 0 Å². The maximum Gasteiger partial charge on any atom is 0.335 e. The molecule has 0 radical (unpaired) electrons. The first kappa shape index (κ1) is 27.2. The van der Waals surface area contributed by atoms with Crippen molar-refractivity contribution in [3.63, 3.8) is 0 Å². The lowest BCUT2D eigenvalue weighted by atomic mass is 9.97. The molecule has 1 aromatic heterocycles. The molecule has 0 unspecified atom stereocenters. The average Bonchev–Trinajstić information content (AvgIpc) is 2.86. The van der Waals surface area contributed by atoms with E-state index in [9.17, 15) is 45.3 Å². The number of aromatic hydroxyl groups is 3. The highest BCUT2D eigenvalue weighted by atomic mass is 16.7. The fourth-order valence-corrected chi connectivity index (χ4v) is 4.21. The Hall–Kier alpha value is -3.84. The molecule has 0 spiro atoms. The van der Waals surface area contributed by atoms with Crippen molar-refractivity contribution in [3.8, 4) is 34.3 Å². The number of hydrogen-bond acceptors (Lipinski definition) is 11. The number of carbonyl (C=O) groups is 1. The molecule has 4 rings (SSSR count). The SMILES string of the molecule is CC(C)CCc1c(-c2ccc(O)cc2)oc2cc(O[C@H]3O[C@H](C(=O)O)[C@@H](O)[C@H](O)[C@H]3O)c(O)c(O)c2c1=O. The Balaban J connectivity index is 1.84. The molecule has 2 heterocycles. The van der Waals surface area contributed by atoms with Crippen molar-refractivity contribution in [2.45, 2.75) is 57.4 Å². The quantitative estimate of drug-likeness (QED) is 0.216. The first-order chi connectivity index (χ1) is 17.9. The van der Waals surface area contributed by atoms with Crippen molar-refractivity contribution in [2.24, 2.45) is 5.92 Å². The van der Waals surface area contributed by atoms with Gasteiger partial charge in [0.25, 0.3) is 0 Å². The van der Waals surface area contributed by atoms with E-state index >= 15 is 0 Å². The summed E-state index contributed by atoms with van der Waals surface area (Å²) in [5.41, 5.74) is -0.110. The lowest BCUT2D eigenvalue weighted by molar-refractivity contribution is -0.271. The van der Waals surface area contributed by atoms with Crippen LogP contribution >= 0.6 is 0 Å². The van der Waals surface area contributed by atoms with Crippen LogP contribution in [-0.2, 0) is 16.0 Å². The zero-order chi connectivity index (χ0) is 27.9. The molecule has 0 saturated carbocycles. The second kappa shape index (κ2) is 10.5. The molecule has 0 aliphatic carbocycles. The van der Waals surface area contributed by atoms with Crippen LogP contribution in [0.1, 0.15) is 25.8 Å². The summed E-state index contributed by atoms with van der Waals surface area (Å²) in [6.07, 6.45) is -8.79. The van der Waals surface area contributed by atoms with E-state index in [-0.39, 0.29) is 34.0 Å². The fraction of sp³-hybridized carbons (Fsp3) is 0.385. The van der Waals surface area contributed by atoms with E-state index in [0.717, 1.165) is 6.07 Å². The number of rotatable bonds is 7. The van der Waals surface area contributed by atoms with E-state index < -0.39 is 59.4 Å². The molecule has 3 aromatic rings. The summed E-state index contributed by atoms with van der Waals surface area (Å²) in [6.45, 7) is 3.95. The lowest BCUT2D eigenvalue weighted by Crippen LogP contribution is -2.61. The van der Waals surface area contributed by atoms with E-state index in [0.29, 0.717) is 18.4 Å². The van der Waals surface area contributed by atoms with Crippen LogP contribution in [0.2, 0.25) is 0 Å². The fourth-order valence-electron chi connectivity index (χ4n) is 4.21.